The first-order valence-electron chi connectivity index (χ1n) is 8.40. The molecule has 0 radical (unpaired) electrons. The molecule has 1 saturated heterocycles. The first-order chi connectivity index (χ1) is 12.0. The summed E-state index contributed by atoms with van der Waals surface area (Å²) in [7, 11) is 0.439. The molecule has 9 heteroatoms. The molecule has 1 aliphatic rings. The fourth-order valence-electron chi connectivity index (χ4n) is 2.59. The van der Waals surface area contributed by atoms with Crippen molar-refractivity contribution in [3.8, 4) is 5.75 Å². The van der Waals surface area contributed by atoms with Crippen LogP contribution in [-0.4, -0.2) is 59.2 Å². The average molecular weight is 497 g/mol. The molecule has 1 aliphatic heterocycles. The summed E-state index contributed by atoms with van der Waals surface area (Å²) in [6.07, 6.45) is 1.47. The van der Waals surface area contributed by atoms with E-state index >= 15 is 0 Å². The van der Waals surface area contributed by atoms with Gasteiger partial charge in [-0.1, -0.05) is 12.1 Å². The minimum atomic E-state index is -2.89. The molecule has 0 aliphatic carbocycles. The zero-order valence-electron chi connectivity index (χ0n) is 15.2. The van der Waals surface area contributed by atoms with Gasteiger partial charge in [0.1, 0.15) is 5.75 Å². The molecule has 1 aromatic rings. The second-order valence-corrected chi connectivity index (χ2v) is 8.23. The van der Waals surface area contributed by atoms with Gasteiger partial charge >= 0.3 is 0 Å². The van der Waals surface area contributed by atoms with Crippen molar-refractivity contribution in [2.45, 2.75) is 25.5 Å². The van der Waals surface area contributed by atoms with E-state index in [1.54, 1.807) is 14.2 Å². The van der Waals surface area contributed by atoms with Crippen molar-refractivity contribution in [2.24, 2.45) is 4.99 Å². The molecule has 148 valence electrons. The van der Waals surface area contributed by atoms with Crippen molar-refractivity contribution in [3.63, 3.8) is 0 Å². The lowest BCUT2D eigenvalue weighted by Gasteiger charge is -2.16. The van der Waals surface area contributed by atoms with Gasteiger partial charge in [-0.3, -0.25) is 4.99 Å². The quantitative estimate of drug-likeness (QED) is 0.246. The van der Waals surface area contributed by atoms with Crippen molar-refractivity contribution >= 4 is 39.8 Å². The van der Waals surface area contributed by atoms with Crippen LogP contribution in [0.3, 0.4) is 0 Å². The monoisotopic (exact) mass is 497 g/mol. The summed E-state index contributed by atoms with van der Waals surface area (Å²) >= 11 is 0. The van der Waals surface area contributed by atoms with E-state index in [2.05, 4.69) is 15.6 Å². The standard InChI is InChI=1S/C17H27N3O4S.HI/c1-18-17(20-15-8-11-25(21,22)13-15)19-9-3-10-24-12-14-4-6-16(23-2)7-5-14;/h4-7,15H,3,8-13H2,1-2H3,(H2,18,19,20);1H. The van der Waals surface area contributed by atoms with Crippen molar-refractivity contribution in [2.75, 3.05) is 38.8 Å². The molecule has 1 fully saturated rings. The van der Waals surface area contributed by atoms with Crippen LogP contribution in [0.2, 0.25) is 0 Å². The Morgan fingerprint density at radius 1 is 1.31 bits per heavy atom. The van der Waals surface area contributed by atoms with Crippen LogP contribution in [0, 0.1) is 0 Å². The number of ether oxygens (including phenoxy) is 2. The number of nitrogens with zero attached hydrogens (tertiary/aromatic N) is 1. The maximum absolute atomic E-state index is 11.5. The van der Waals surface area contributed by atoms with E-state index in [1.165, 1.54) is 0 Å². The number of benzene rings is 1. The van der Waals surface area contributed by atoms with Gasteiger partial charge in [0, 0.05) is 26.2 Å². The largest absolute Gasteiger partial charge is 0.497 e. The third-order valence-corrected chi connectivity index (χ3v) is 5.75. The Morgan fingerprint density at radius 2 is 2.04 bits per heavy atom. The molecule has 2 rings (SSSR count). The van der Waals surface area contributed by atoms with Crippen LogP contribution in [0.25, 0.3) is 0 Å². The highest BCUT2D eigenvalue weighted by Crippen LogP contribution is 2.12. The van der Waals surface area contributed by atoms with E-state index in [0.29, 0.717) is 32.1 Å². The molecular formula is C17H28IN3O4S. The summed E-state index contributed by atoms with van der Waals surface area (Å²) in [4.78, 5) is 4.13. The molecule has 0 aromatic heterocycles. The minimum Gasteiger partial charge on any atom is -0.497 e. The van der Waals surface area contributed by atoms with E-state index in [1.807, 2.05) is 24.3 Å². The molecule has 1 aromatic carbocycles. The lowest BCUT2D eigenvalue weighted by molar-refractivity contribution is 0.119. The predicted octanol–water partition coefficient (Wildman–Crippen LogP) is 1.57. The number of hydrogen-bond acceptors (Lipinski definition) is 5. The highest BCUT2D eigenvalue weighted by atomic mass is 127. The average Bonchev–Trinajstić information content (AvgIpc) is 2.95. The Balaban J connectivity index is 0.00000338. The Kier molecular flexibility index (Phi) is 10.3. The lowest BCUT2D eigenvalue weighted by Crippen LogP contribution is -2.44. The van der Waals surface area contributed by atoms with Crippen LogP contribution in [0.1, 0.15) is 18.4 Å². The number of methoxy groups -OCH3 is 1. The first kappa shape index (κ1) is 23.0. The van der Waals surface area contributed by atoms with Crippen LogP contribution >= 0.6 is 24.0 Å². The van der Waals surface area contributed by atoms with Gasteiger partial charge in [-0.05, 0) is 30.5 Å². The summed E-state index contributed by atoms with van der Waals surface area (Å²) in [6.45, 7) is 1.91. The van der Waals surface area contributed by atoms with E-state index in [0.717, 1.165) is 17.7 Å². The smallest absolute Gasteiger partial charge is 0.191 e. The van der Waals surface area contributed by atoms with Crippen molar-refractivity contribution in [1.82, 2.24) is 10.6 Å². The fraction of sp³-hybridized carbons (Fsp3) is 0.588. The third kappa shape index (κ3) is 8.09. The van der Waals surface area contributed by atoms with Crippen LogP contribution in [0.4, 0.5) is 0 Å². The van der Waals surface area contributed by atoms with Gasteiger partial charge in [0.15, 0.2) is 15.8 Å². The lowest BCUT2D eigenvalue weighted by atomic mass is 10.2. The molecule has 1 unspecified atom stereocenters. The van der Waals surface area contributed by atoms with Crippen LogP contribution in [0.15, 0.2) is 29.3 Å². The Hall–Kier alpha value is -1.07. The molecule has 1 atom stereocenters. The topological polar surface area (TPSA) is 89.0 Å². The number of halogens is 1. The van der Waals surface area contributed by atoms with Crippen LogP contribution in [-0.2, 0) is 21.2 Å². The van der Waals surface area contributed by atoms with Gasteiger partial charge in [-0.2, -0.15) is 0 Å². The third-order valence-electron chi connectivity index (χ3n) is 3.98. The number of sulfone groups is 1. The second kappa shape index (κ2) is 11.6. The van der Waals surface area contributed by atoms with Gasteiger partial charge in [0.25, 0.3) is 0 Å². The molecule has 0 bridgehead atoms. The zero-order chi connectivity index (χ0) is 18.1. The number of guanidine groups is 1. The molecular weight excluding hydrogens is 469 g/mol. The SMILES string of the molecule is CN=C(NCCCOCc1ccc(OC)cc1)NC1CCS(=O)(=O)C1.I. The molecule has 1 heterocycles. The molecule has 0 amide bonds. The Labute approximate surface area is 172 Å². The Bertz CT molecular complexity index is 665. The highest BCUT2D eigenvalue weighted by Gasteiger charge is 2.28. The summed E-state index contributed by atoms with van der Waals surface area (Å²) in [5.41, 5.74) is 1.11. The van der Waals surface area contributed by atoms with Gasteiger partial charge in [0.2, 0.25) is 0 Å². The van der Waals surface area contributed by atoms with E-state index in [4.69, 9.17) is 9.47 Å². The van der Waals surface area contributed by atoms with Gasteiger partial charge in [-0.15, -0.1) is 24.0 Å². The summed E-state index contributed by atoms with van der Waals surface area (Å²) in [5, 5.41) is 6.34. The number of hydrogen-bond donors (Lipinski definition) is 2. The molecule has 0 spiro atoms. The van der Waals surface area contributed by atoms with Gasteiger partial charge in [0.05, 0.1) is 25.2 Å². The fourth-order valence-corrected chi connectivity index (χ4v) is 4.26. The molecule has 2 N–H and O–H groups in total. The van der Waals surface area contributed by atoms with Crippen LogP contribution in [0.5, 0.6) is 5.75 Å². The van der Waals surface area contributed by atoms with Crippen molar-refractivity contribution in [3.05, 3.63) is 29.8 Å². The maximum atomic E-state index is 11.5. The second-order valence-electron chi connectivity index (χ2n) is 6.00. The van der Waals surface area contributed by atoms with Gasteiger partial charge in [-0.25, -0.2) is 8.42 Å². The van der Waals surface area contributed by atoms with Crippen molar-refractivity contribution < 1.29 is 17.9 Å². The van der Waals surface area contributed by atoms with E-state index in [9.17, 15) is 8.42 Å². The maximum Gasteiger partial charge on any atom is 0.191 e. The van der Waals surface area contributed by atoms with Crippen molar-refractivity contribution in [1.29, 1.82) is 0 Å². The molecule has 7 nitrogen and oxygen atoms in total. The first-order valence-corrected chi connectivity index (χ1v) is 10.2. The number of rotatable bonds is 8. The number of nitrogens with one attached hydrogen (secondary N) is 2. The summed E-state index contributed by atoms with van der Waals surface area (Å²) < 4.78 is 33.7. The summed E-state index contributed by atoms with van der Waals surface area (Å²) in [6, 6.07) is 7.75. The Morgan fingerprint density at radius 3 is 2.62 bits per heavy atom. The van der Waals surface area contributed by atoms with Crippen LogP contribution < -0.4 is 15.4 Å². The predicted molar refractivity (Wildman–Crippen MR) is 114 cm³/mol. The minimum absolute atomic E-state index is 0. The normalized spacial score (nSPS) is 18.8. The summed E-state index contributed by atoms with van der Waals surface area (Å²) in [5.74, 6) is 1.90. The zero-order valence-corrected chi connectivity index (χ0v) is 18.4. The van der Waals surface area contributed by atoms with E-state index in [-0.39, 0.29) is 41.5 Å². The van der Waals surface area contributed by atoms with Gasteiger partial charge < -0.3 is 20.1 Å². The molecule has 26 heavy (non-hydrogen) atoms. The van der Waals surface area contributed by atoms with E-state index < -0.39 is 9.84 Å². The molecule has 0 saturated carbocycles. The highest BCUT2D eigenvalue weighted by molar-refractivity contribution is 14.0. The number of aliphatic imine (C=N–C) groups is 1.